The van der Waals surface area contributed by atoms with Crippen molar-refractivity contribution in [2.75, 3.05) is 17.3 Å². The summed E-state index contributed by atoms with van der Waals surface area (Å²) in [5.74, 6) is -0.358. The Morgan fingerprint density at radius 2 is 2.00 bits per heavy atom. The number of rotatable bonds is 3. The van der Waals surface area contributed by atoms with Gasteiger partial charge in [-0.05, 0) is 30.2 Å². The third kappa shape index (κ3) is 2.50. The van der Waals surface area contributed by atoms with E-state index in [4.69, 9.17) is 0 Å². The molecule has 3 rings (SSSR count). The van der Waals surface area contributed by atoms with E-state index in [9.17, 15) is 9.90 Å². The van der Waals surface area contributed by atoms with E-state index < -0.39 is 6.10 Å². The number of hydrogen-bond donors (Lipinski definition) is 2. The molecule has 21 heavy (non-hydrogen) atoms. The molecule has 0 saturated heterocycles. The third-order valence-corrected chi connectivity index (χ3v) is 3.95. The van der Waals surface area contributed by atoms with E-state index in [2.05, 4.69) is 29.3 Å². The highest BCUT2D eigenvalue weighted by atomic mass is 16.3. The number of aliphatic hydroxyl groups is 1. The number of nitrogens with one attached hydrogen (secondary N) is 1. The van der Waals surface area contributed by atoms with Crippen LogP contribution < -0.4 is 10.2 Å². The number of anilines is 2. The topological polar surface area (TPSA) is 52.6 Å². The fourth-order valence-corrected chi connectivity index (χ4v) is 2.61. The molecule has 1 aliphatic rings. The summed E-state index contributed by atoms with van der Waals surface area (Å²) in [6.45, 7) is 2.89. The fourth-order valence-electron chi connectivity index (χ4n) is 2.61. The highest BCUT2D eigenvalue weighted by Gasteiger charge is 2.28. The van der Waals surface area contributed by atoms with Crippen LogP contribution in [0.1, 0.15) is 22.8 Å². The molecule has 2 N–H and O–H groups in total. The van der Waals surface area contributed by atoms with Gasteiger partial charge in [-0.15, -0.1) is 0 Å². The van der Waals surface area contributed by atoms with Gasteiger partial charge >= 0.3 is 0 Å². The molecule has 0 aliphatic carbocycles. The summed E-state index contributed by atoms with van der Waals surface area (Å²) in [5.41, 5.74) is 4.87. The Morgan fingerprint density at radius 3 is 2.76 bits per heavy atom. The van der Waals surface area contributed by atoms with Crippen LogP contribution in [0.4, 0.5) is 11.4 Å². The second-order valence-corrected chi connectivity index (χ2v) is 5.45. The first kappa shape index (κ1) is 13.6. The van der Waals surface area contributed by atoms with Crippen LogP contribution in [0.3, 0.4) is 0 Å². The van der Waals surface area contributed by atoms with Crippen LogP contribution in [-0.2, 0) is 11.3 Å². The lowest BCUT2D eigenvalue weighted by atomic mass is 10.1. The Balaban J connectivity index is 1.84. The lowest BCUT2D eigenvalue weighted by Gasteiger charge is -2.21. The first-order chi connectivity index (χ1) is 10.1. The first-order valence-corrected chi connectivity index (χ1v) is 6.95. The molecular formula is C17H18N2O2. The number of fused-ring (bicyclic) bond motifs is 1. The van der Waals surface area contributed by atoms with Gasteiger partial charge in [0.2, 0.25) is 0 Å². The summed E-state index contributed by atoms with van der Waals surface area (Å²) in [4.78, 5) is 13.6. The van der Waals surface area contributed by atoms with Crippen molar-refractivity contribution in [1.82, 2.24) is 0 Å². The largest absolute Gasteiger partial charge is 0.378 e. The SMILES string of the molecule is Cc1ccccc1CN(C)c1ccc2c(c1)NC(=O)C2O. The molecule has 1 unspecified atom stereocenters. The fraction of sp³-hybridized carbons (Fsp3) is 0.235. The van der Waals surface area contributed by atoms with Crippen LogP contribution in [-0.4, -0.2) is 18.1 Å². The maximum Gasteiger partial charge on any atom is 0.257 e. The number of nitrogens with zero attached hydrogens (tertiary/aromatic N) is 1. The highest BCUT2D eigenvalue weighted by molar-refractivity contribution is 6.02. The molecule has 2 aromatic carbocycles. The summed E-state index contributed by atoms with van der Waals surface area (Å²) < 4.78 is 0. The number of aryl methyl sites for hydroxylation is 1. The number of carbonyl (C=O) groups excluding carboxylic acids is 1. The summed E-state index contributed by atoms with van der Waals surface area (Å²) in [7, 11) is 2.02. The Labute approximate surface area is 124 Å². The molecule has 4 nitrogen and oxygen atoms in total. The van der Waals surface area contributed by atoms with Crippen molar-refractivity contribution < 1.29 is 9.90 Å². The van der Waals surface area contributed by atoms with Crippen LogP contribution in [0, 0.1) is 6.92 Å². The highest BCUT2D eigenvalue weighted by Crippen LogP contribution is 2.34. The molecule has 108 valence electrons. The minimum absolute atomic E-state index is 0.358. The van der Waals surface area contributed by atoms with E-state index in [-0.39, 0.29) is 5.91 Å². The van der Waals surface area contributed by atoms with Crippen LogP contribution >= 0.6 is 0 Å². The van der Waals surface area contributed by atoms with Crippen LogP contribution in [0.25, 0.3) is 0 Å². The number of hydrogen-bond acceptors (Lipinski definition) is 3. The van der Waals surface area contributed by atoms with E-state index in [1.165, 1.54) is 11.1 Å². The van der Waals surface area contributed by atoms with Crippen LogP contribution in [0.2, 0.25) is 0 Å². The monoisotopic (exact) mass is 282 g/mol. The molecule has 1 aliphatic heterocycles. The van der Waals surface area contributed by atoms with E-state index in [1.54, 1.807) is 0 Å². The zero-order valence-electron chi connectivity index (χ0n) is 12.1. The first-order valence-electron chi connectivity index (χ1n) is 6.95. The Hall–Kier alpha value is -2.33. The van der Waals surface area contributed by atoms with Crippen molar-refractivity contribution in [2.24, 2.45) is 0 Å². The van der Waals surface area contributed by atoms with Gasteiger partial charge in [-0.3, -0.25) is 4.79 Å². The van der Waals surface area contributed by atoms with Crippen molar-refractivity contribution in [3.63, 3.8) is 0 Å². The smallest absolute Gasteiger partial charge is 0.257 e. The van der Waals surface area contributed by atoms with E-state index >= 15 is 0 Å². The Kier molecular flexibility index (Phi) is 3.39. The molecule has 0 fully saturated rings. The zero-order valence-corrected chi connectivity index (χ0v) is 12.1. The zero-order chi connectivity index (χ0) is 15.0. The Morgan fingerprint density at radius 1 is 1.24 bits per heavy atom. The van der Waals surface area contributed by atoms with Gasteiger partial charge in [0, 0.05) is 30.5 Å². The van der Waals surface area contributed by atoms with Gasteiger partial charge in [0.05, 0.1) is 0 Å². The second kappa shape index (κ2) is 5.22. The van der Waals surface area contributed by atoms with Gasteiger partial charge in [-0.1, -0.05) is 30.3 Å². The van der Waals surface area contributed by atoms with Crippen molar-refractivity contribution in [2.45, 2.75) is 19.6 Å². The van der Waals surface area contributed by atoms with Crippen molar-refractivity contribution in [3.05, 3.63) is 59.2 Å². The number of carbonyl (C=O) groups is 1. The van der Waals surface area contributed by atoms with Crippen molar-refractivity contribution >= 4 is 17.3 Å². The maximum atomic E-state index is 11.5. The minimum atomic E-state index is -1.05. The minimum Gasteiger partial charge on any atom is -0.378 e. The molecule has 0 aromatic heterocycles. The summed E-state index contributed by atoms with van der Waals surface area (Å²) >= 11 is 0. The average Bonchev–Trinajstić information content (AvgIpc) is 2.76. The summed E-state index contributed by atoms with van der Waals surface area (Å²) in [6.07, 6.45) is -1.05. The van der Waals surface area contributed by atoms with Gasteiger partial charge in [0.1, 0.15) is 0 Å². The second-order valence-electron chi connectivity index (χ2n) is 5.45. The maximum absolute atomic E-state index is 11.5. The molecule has 0 spiro atoms. The molecule has 0 radical (unpaired) electrons. The van der Waals surface area contributed by atoms with Gasteiger partial charge in [0.25, 0.3) is 5.91 Å². The van der Waals surface area contributed by atoms with Gasteiger partial charge < -0.3 is 15.3 Å². The quantitative estimate of drug-likeness (QED) is 0.910. The van der Waals surface area contributed by atoms with E-state index in [1.807, 2.05) is 37.4 Å². The predicted molar refractivity (Wildman–Crippen MR) is 83.3 cm³/mol. The molecule has 2 aromatic rings. The lowest BCUT2D eigenvalue weighted by molar-refractivity contribution is -0.123. The van der Waals surface area contributed by atoms with Crippen LogP contribution in [0.5, 0.6) is 0 Å². The predicted octanol–water partition coefficient (Wildman–Crippen LogP) is 2.62. The molecule has 1 amide bonds. The van der Waals surface area contributed by atoms with Gasteiger partial charge in [-0.25, -0.2) is 0 Å². The number of benzene rings is 2. The number of amides is 1. The number of aliphatic hydroxyl groups excluding tert-OH is 1. The molecular weight excluding hydrogens is 264 g/mol. The van der Waals surface area contributed by atoms with Crippen molar-refractivity contribution in [3.8, 4) is 0 Å². The normalized spacial score (nSPS) is 16.5. The van der Waals surface area contributed by atoms with Gasteiger partial charge in [0.15, 0.2) is 6.10 Å². The standard InChI is InChI=1S/C17H18N2O2/c1-11-5-3-4-6-12(11)10-19(2)13-7-8-14-15(9-13)18-17(21)16(14)20/h3-9,16,20H,10H2,1-2H3,(H,18,21). The summed E-state index contributed by atoms with van der Waals surface area (Å²) in [6, 6.07) is 13.9. The van der Waals surface area contributed by atoms with E-state index in [0.29, 0.717) is 11.3 Å². The molecule has 0 saturated carbocycles. The van der Waals surface area contributed by atoms with E-state index in [0.717, 1.165) is 12.2 Å². The third-order valence-electron chi connectivity index (χ3n) is 3.95. The summed E-state index contributed by atoms with van der Waals surface area (Å²) in [5, 5.41) is 12.4. The average molecular weight is 282 g/mol. The lowest BCUT2D eigenvalue weighted by Crippen LogP contribution is -2.17. The van der Waals surface area contributed by atoms with Crippen LogP contribution in [0.15, 0.2) is 42.5 Å². The Bertz CT molecular complexity index is 697. The van der Waals surface area contributed by atoms with Crippen molar-refractivity contribution in [1.29, 1.82) is 0 Å². The van der Waals surface area contributed by atoms with Gasteiger partial charge in [-0.2, -0.15) is 0 Å². The molecule has 1 atom stereocenters. The molecule has 0 bridgehead atoms. The molecule has 4 heteroatoms. The molecule has 1 heterocycles.